The van der Waals surface area contributed by atoms with Crippen LogP contribution in [0.2, 0.25) is 10.0 Å². The van der Waals surface area contributed by atoms with Crippen molar-refractivity contribution < 1.29 is 42.2 Å². The number of nitrogens with zero attached hydrogens (tertiary/aromatic N) is 4. The number of phenols is 1. The number of fused-ring (bicyclic) bond motifs is 4. The van der Waals surface area contributed by atoms with E-state index in [1.165, 1.54) is 20.2 Å². The van der Waals surface area contributed by atoms with Crippen LogP contribution in [0.3, 0.4) is 0 Å². The molecule has 6 unspecified atom stereocenters. The lowest BCUT2D eigenvalue weighted by atomic mass is 9.49. The van der Waals surface area contributed by atoms with Crippen LogP contribution in [-0.4, -0.2) is 52.9 Å². The number of hydrogen-bond acceptors (Lipinski definition) is 8. The maximum Gasteiger partial charge on any atom is 0.433 e. The van der Waals surface area contributed by atoms with Gasteiger partial charge in [0.05, 0.1) is 44.6 Å². The van der Waals surface area contributed by atoms with E-state index >= 15 is 4.79 Å². The Labute approximate surface area is 341 Å². The van der Waals surface area contributed by atoms with Crippen molar-refractivity contribution >= 4 is 80.9 Å². The second kappa shape index (κ2) is 13.8. The Kier molecular flexibility index (Phi) is 9.39. The number of carbonyl (C=O) groups is 4. The molecule has 1 saturated carbocycles. The fraction of sp³-hybridized carbons (Fsp3) is 0.275. The van der Waals surface area contributed by atoms with E-state index in [9.17, 15) is 32.7 Å². The van der Waals surface area contributed by atoms with Gasteiger partial charge in [0.1, 0.15) is 5.69 Å². The summed E-state index contributed by atoms with van der Waals surface area (Å²) in [6, 6.07) is 20.3. The molecule has 1 aromatic heterocycles. The molecular weight excluding hydrogens is 887 g/mol. The largest absolute Gasteiger partial charge is 0.504 e. The van der Waals surface area contributed by atoms with E-state index in [1.807, 2.05) is 28.7 Å². The second-order valence-electron chi connectivity index (χ2n) is 14.2. The van der Waals surface area contributed by atoms with Gasteiger partial charge in [-0.15, -0.1) is 0 Å². The minimum absolute atomic E-state index is 0.0223. The zero-order chi connectivity index (χ0) is 40.0. The van der Waals surface area contributed by atoms with Crippen LogP contribution in [0, 0.1) is 27.2 Å². The number of ether oxygens (including phenoxy) is 1. The van der Waals surface area contributed by atoms with Crippen LogP contribution in [0.1, 0.15) is 35.6 Å². The van der Waals surface area contributed by atoms with E-state index in [-0.39, 0.29) is 35.1 Å². The fourth-order valence-corrected chi connectivity index (χ4v) is 10.3. The summed E-state index contributed by atoms with van der Waals surface area (Å²) in [5.41, 5.74) is -0.893. The highest BCUT2D eigenvalue weighted by Crippen LogP contribution is 2.65. The quantitative estimate of drug-likeness (QED) is 0.118. The summed E-state index contributed by atoms with van der Waals surface area (Å²) < 4.78 is 47.1. The predicted octanol–water partition coefficient (Wildman–Crippen LogP) is 7.94. The molecule has 288 valence electrons. The zero-order valence-corrected chi connectivity index (χ0v) is 33.1. The molecule has 10 nitrogen and oxygen atoms in total. The van der Waals surface area contributed by atoms with E-state index in [0.29, 0.717) is 31.4 Å². The summed E-state index contributed by atoms with van der Waals surface area (Å²) in [5.74, 6) is -7.66. The first-order valence-corrected chi connectivity index (χ1v) is 19.3. The van der Waals surface area contributed by atoms with Crippen LogP contribution >= 0.6 is 45.8 Å². The standard InChI is InChI=1S/C40H30Cl2F3IN4O6/c1-48(34-27(42)13-14-30(47-34)40(43,44)45)50-35(52)24-12-11-23-25(31(24)37(50)54)18-26-36(53)49(22-10-6-9-21(41)17-22)38(55)39(26,20-7-4-3-5-8-20)32(23)19-15-28(46)33(51)29(16-19)56-2/h3-11,13-17,24-26,31-32,51H,12,18H2,1-2H3. The first-order valence-electron chi connectivity index (χ1n) is 17.4. The molecule has 4 aliphatic rings. The molecule has 6 atom stereocenters. The third-order valence-electron chi connectivity index (χ3n) is 11.5. The molecule has 8 rings (SSSR count). The molecule has 16 heteroatoms. The predicted molar refractivity (Wildman–Crippen MR) is 208 cm³/mol. The average Bonchev–Trinajstić information content (AvgIpc) is 3.56. The van der Waals surface area contributed by atoms with Crippen LogP contribution in [0.15, 0.2) is 90.5 Å². The highest BCUT2D eigenvalue weighted by atomic mass is 127. The van der Waals surface area contributed by atoms with Gasteiger partial charge < -0.3 is 9.84 Å². The van der Waals surface area contributed by atoms with Crippen LogP contribution in [0.25, 0.3) is 0 Å². The molecule has 3 aromatic carbocycles. The fourth-order valence-electron chi connectivity index (χ4n) is 9.22. The number of benzene rings is 3. The number of imide groups is 2. The Bertz CT molecular complexity index is 2380. The number of amides is 4. The number of rotatable bonds is 6. The van der Waals surface area contributed by atoms with E-state index < -0.39 is 76.3 Å². The Morgan fingerprint density at radius 3 is 2.36 bits per heavy atom. The Morgan fingerprint density at radius 2 is 1.68 bits per heavy atom. The van der Waals surface area contributed by atoms with Gasteiger partial charge in [0, 0.05) is 18.0 Å². The van der Waals surface area contributed by atoms with Crippen molar-refractivity contribution in [2.75, 3.05) is 24.1 Å². The van der Waals surface area contributed by atoms with Gasteiger partial charge in [-0.25, -0.2) is 9.88 Å². The lowest BCUT2D eigenvalue weighted by Gasteiger charge is -2.50. The Balaban J connectivity index is 1.32. The van der Waals surface area contributed by atoms with Crippen LogP contribution in [0.4, 0.5) is 24.7 Å². The number of phenolic OH excluding ortho intramolecular Hbond substituents is 1. The number of halogens is 6. The van der Waals surface area contributed by atoms with Crippen molar-refractivity contribution in [3.8, 4) is 11.5 Å². The number of carbonyl (C=O) groups excluding carboxylic acids is 4. The summed E-state index contributed by atoms with van der Waals surface area (Å²) in [4.78, 5) is 64.1. The van der Waals surface area contributed by atoms with Crippen LogP contribution in [0.5, 0.6) is 11.5 Å². The maximum atomic E-state index is 15.4. The Morgan fingerprint density at radius 1 is 0.946 bits per heavy atom. The Hall–Kier alpha value is -4.67. The molecule has 1 N–H and O–H groups in total. The molecule has 2 aliphatic carbocycles. The number of hydrazine groups is 1. The smallest absolute Gasteiger partial charge is 0.433 e. The molecule has 4 aromatic rings. The van der Waals surface area contributed by atoms with Gasteiger partial charge in [-0.1, -0.05) is 71.2 Å². The molecule has 0 spiro atoms. The topological polar surface area (TPSA) is 120 Å². The summed E-state index contributed by atoms with van der Waals surface area (Å²) in [5, 5.41) is 12.7. The van der Waals surface area contributed by atoms with Crippen molar-refractivity contribution in [3.05, 3.63) is 121 Å². The molecule has 2 aliphatic heterocycles. The van der Waals surface area contributed by atoms with Gasteiger partial charge in [0.25, 0.3) is 11.8 Å². The summed E-state index contributed by atoms with van der Waals surface area (Å²) >= 11 is 14.7. The van der Waals surface area contributed by atoms with Gasteiger partial charge >= 0.3 is 6.18 Å². The molecular formula is C40H30Cl2F3IN4O6. The summed E-state index contributed by atoms with van der Waals surface area (Å²) in [6.45, 7) is 0. The molecule has 3 fully saturated rings. The molecule has 0 bridgehead atoms. The minimum Gasteiger partial charge on any atom is -0.504 e. The third-order valence-corrected chi connectivity index (χ3v) is 12.8. The number of alkyl halides is 3. The van der Waals surface area contributed by atoms with Crippen LogP contribution in [-0.2, 0) is 30.8 Å². The number of aromatic hydroxyl groups is 1. The van der Waals surface area contributed by atoms with Gasteiger partial charge in [-0.2, -0.15) is 18.2 Å². The van der Waals surface area contributed by atoms with Gasteiger partial charge in [0.15, 0.2) is 17.3 Å². The molecule has 3 heterocycles. The minimum atomic E-state index is -4.83. The highest BCUT2D eigenvalue weighted by Gasteiger charge is 2.70. The monoisotopic (exact) mass is 916 g/mol. The van der Waals surface area contributed by atoms with E-state index in [2.05, 4.69) is 4.98 Å². The lowest BCUT2D eigenvalue weighted by Crippen LogP contribution is -2.53. The van der Waals surface area contributed by atoms with E-state index in [1.54, 1.807) is 60.7 Å². The van der Waals surface area contributed by atoms with Crippen molar-refractivity contribution in [2.45, 2.75) is 30.4 Å². The number of anilines is 2. The molecule has 2 saturated heterocycles. The molecule has 0 radical (unpaired) electrons. The van der Waals surface area contributed by atoms with E-state index in [4.69, 9.17) is 27.9 Å². The zero-order valence-electron chi connectivity index (χ0n) is 29.4. The number of aromatic nitrogens is 1. The number of pyridine rings is 1. The van der Waals surface area contributed by atoms with Gasteiger partial charge in [-0.3, -0.25) is 24.2 Å². The second-order valence-corrected chi connectivity index (χ2v) is 16.2. The maximum absolute atomic E-state index is 15.4. The van der Waals surface area contributed by atoms with Gasteiger partial charge in [0.2, 0.25) is 11.8 Å². The lowest BCUT2D eigenvalue weighted by molar-refractivity contribution is -0.141. The van der Waals surface area contributed by atoms with Crippen molar-refractivity contribution in [2.24, 2.45) is 23.7 Å². The first kappa shape index (κ1) is 38.2. The highest BCUT2D eigenvalue weighted by molar-refractivity contribution is 14.1. The van der Waals surface area contributed by atoms with Crippen LogP contribution < -0.4 is 14.6 Å². The molecule has 4 amide bonds. The first-order chi connectivity index (χ1) is 26.6. The number of methoxy groups -OCH3 is 1. The van der Waals surface area contributed by atoms with Crippen molar-refractivity contribution in [3.63, 3.8) is 0 Å². The SMILES string of the molecule is COc1cc(C2C3=CCC4C(=O)N(N(C)c5nc(C(F)(F)F)ccc5Cl)C(=O)C4C3CC3C(=O)N(c4cccc(Cl)c4)C(=O)C32c2ccccc2)cc(I)c1O. The third kappa shape index (κ3) is 5.61. The molecule has 56 heavy (non-hydrogen) atoms. The van der Waals surface area contributed by atoms with Crippen molar-refractivity contribution in [1.29, 1.82) is 0 Å². The number of hydrogen-bond donors (Lipinski definition) is 1. The average molecular weight is 918 g/mol. The summed E-state index contributed by atoms with van der Waals surface area (Å²) in [6.07, 6.45) is -2.96. The van der Waals surface area contributed by atoms with Crippen molar-refractivity contribution in [1.82, 2.24) is 9.99 Å². The normalized spacial score (nSPS) is 25.9. The summed E-state index contributed by atoms with van der Waals surface area (Å²) in [7, 11) is 2.63. The number of allylic oxidation sites excluding steroid dienone is 2. The van der Waals surface area contributed by atoms with Gasteiger partial charge in [-0.05, 0) is 94.9 Å². The van der Waals surface area contributed by atoms with E-state index in [0.717, 1.165) is 21.0 Å².